The van der Waals surface area contributed by atoms with Crippen LogP contribution < -0.4 is 0 Å². The van der Waals surface area contributed by atoms with Gasteiger partial charge in [-0.1, -0.05) is 0 Å². The van der Waals surface area contributed by atoms with Gasteiger partial charge in [0.05, 0.1) is 12.8 Å². The Morgan fingerprint density at radius 3 is 3.00 bits per heavy atom. The van der Waals surface area contributed by atoms with Gasteiger partial charge in [-0.05, 0) is 6.42 Å². The van der Waals surface area contributed by atoms with E-state index >= 15 is 0 Å². The zero-order chi connectivity index (χ0) is 5.84. The van der Waals surface area contributed by atoms with Crippen LogP contribution in [0.5, 0.6) is 0 Å². The molecule has 2 unspecified atom stereocenters. The molecular weight excluding hydrogens is 110 g/mol. The highest BCUT2D eigenvalue weighted by atomic mass is 15.2. The van der Waals surface area contributed by atoms with E-state index in [1.165, 1.54) is 32.1 Å². The summed E-state index contributed by atoms with van der Waals surface area (Å²) in [7, 11) is 0. The van der Waals surface area contributed by atoms with Crippen molar-refractivity contribution in [3.63, 3.8) is 0 Å². The largest absolute Gasteiger partial charge is 0.230 e. The third-order valence-electron chi connectivity index (χ3n) is 3.17. The van der Waals surface area contributed by atoms with Gasteiger partial charge in [-0.2, -0.15) is 0 Å². The first-order chi connectivity index (χ1) is 4.45. The van der Waals surface area contributed by atoms with Gasteiger partial charge < -0.3 is 0 Å². The van der Waals surface area contributed by atoms with Gasteiger partial charge in [-0.25, -0.2) is 4.58 Å². The normalized spacial score (nSPS) is 45.3. The lowest BCUT2D eigenvalue weighted by Gasteiger charge is -2.44. The van der Waals surface area contributed by atoms with Crippen molar-refractivity contribution in [2.24, 2.45) is 0 Å². The van der Waals surface area contributed by atoms with E-state index in [0.717, 1.165) is 12.1 Å². The van der Waals surface area contributed by atoms with Gasteiger partial charge in [0.15, 0.2) is 17.8 Å². The van der Waals surface area contributed by atoms with E-state index in [4.69, 9.17) is 0 Å². The van der Waals surface area contributed by atoms with E-state index < -0.39 is 0 Å². The molecule has 48 valence electrons. The molecule has 1 saturated heterocycles. The minimum absolute atomic E-state index is 1.01. The first-order valence-electron chi connectivity index (χ1n) is 4.08. The molecule has 0 aromatic heterocycles. The van der Waals surface area contributed by atoms with Gasteiger partial charge in [0.25, 0.3) is 0 Å². The van der Waals surface area contributed by atoms with Crippen LogP contribution in [0.25, 0.3) is 0 Å². The van der Waals surface area contributed by atoms with Gasteiger partial charge in [0.1, 0.15) is 0 Å². The number of rotatable bonds is 0. The second-order valence-corrected chi connectivity index (χ2v) is 3.61. The second kappa shape index (κ2) is 1.23. The molecule has 0 aromatic rings. The lowest BCUT2D eigenvalue weighted by Crippen LogP contribution is -2.62. The molecule has 1 fully saturated rings. The van der Waals surface area contributed by atoms with E-state index in [-0.39, 0.29) is 0 Å². The summed E-state index contributed by atoms with van der Waals surface area (Å²) in [5.74, 6) is 0. The quantitative estimate of drug-likeness (QED) is 0.424. The first kappa shape index (κ1) is 4.48. The van der Waals surface area contributed by atoms with Crippen LogP contribution in [0.15, 0.2) is 0 Å². The Balaban J connectivity index is 2.05. The molecule has 3 aliphatic rings. The van der Waals surface area contributed by atoms with Crippen molar-refractivity contribution in [3.05, 3.63) is 0 Å². The monoisotopic (exact) mass is 122 g/mol. The highest BCUT2D eigenvalue weighted by Crippen LogP contribution is 2.39. The molecule has 0 aliphatic carbocycles. The summed E-state index contributed by atoms with van der Waals surface area (Å²) in [6.45, 7) is 0. The van der Waals surface area contributed by atoms with Crippen LogP contribution in [-0.4, -0.2) is 22.4 Å². The SMILES string of the molecule is C1CC2=[N+]3C(C1)CC3C2. The third kappa shape index (κ3) is 0.374. The number of hydrogen-bond donors (Lipinski definition) is 0. The van der Waals surface area contributed by atoms with Gasteiger partial charge in [0.2, 0.25) is 0 Å². The Morgan fingerprint density at radius 2 is 2.33 bits per heavy atom. The van der Waals surface area contributed by atoms with Gasteiger partial charge in [-0.3, -0.25) is 0 Å². The molecule has 0 spiro atoms. The molecule has 1 nitrogen and oxygen atoms in total. The number of nitrogens with zero attached hydrogens (tertiary/aromatic N) is 1. The van der Waals surface area contributed by atoms with Crippen LogP contribution >= 0.6 is 0 Å². The van der Waals surface area contributed by atoms with E-state index in [2.05, 4.69) is 4.58 Å². The molecule has 0 amide bonds. The lowest BCUT2D eigenvalue weighted by atomic mass is 9.76. The van der Waals surface area contributed by atoms with Crippen LogP contribution in [0.2, 0.25) is 0 Å². The Hall–Kier alpha value is -0.330. The molecule has 9 heavy (non-hydrogen) atoms. The highest BCUT2D eigenvalue weighted by Gasteiger charge is 2.54. The van der Waals surface area contributed by atoms with Crippen molar-refractivity contribution in [1.82, 2.24) is 0 Å². The van der Waals surface area contributed by atoms with Crippen LogP contribution in [0.1, 0.15) is 32.1 Å². The third-order valence-corrected chi connectivity index (χ3v) is 3.17. The Morgan fingerprint density at radius 1 is 1.33 bits per heavy atom. The zero-order valence-corrected chi connectivity index (χ0v) is 5.64. The summed E-state index contributed by atoms with van der Waals surface area (Å²) in [5.41, 5.74) is 1.78. The minimum Gasteiger partial charge on any atom is -0.230 e. The van der Waals surface area contributed by atoms with Crippen molar-refractivity contribution in [1.29, 1.82) is 0 Å². The smallest absolute Gasteiger partial charge is 0.168 e. The molecule has 1 heteroatoms. The molecular formula is C8H12N+. The van der Waals surface area contributed by atoms with Crippen molar-refractivity contribution < 1.29 is 4.58 Å². The van der Waals surface area contributed by atoms with Gasteiger partial charge in [0, 0.05) is 12.8 Å². The molecule has 0 radical (unpaired) electrons. The van der Waals surface area contributed by atoms with Crippen LogP contribution in [0, 0.1) is 0 Å². The molecule has 0 bridgehead atoms. The van der Waals surface area contributed by atoms with E-state index in [1.807, 2.05) is 0 Å². The van der Waals surface area contributed by atoms with Crippen molar-refractivity contribution in [3.8, 4) is 0 Å². The lowest BCUT2D eigenvalue weighted by molar-refractivity contribution is -0.693. The van der Waals surface area contributed by atoms with Crippen molar-refractivity contribution >= 4 is 5.71 Å². The maximum Gasteiger partial charge on any atom is 0.168 e. The van der Waals surface area contributed by atoms with Crippen molar-refractivity contribution in [2.45, 2.75) is 44.2 Å². The molecule has 0 saturated carbocycles. The van der Waals surface area contributed by atoms with E-state index in [0.29, 0.717) is 0 Å². The van der Waals surface area contributed by atoms with Crippen LogP contribution in [-0.2, 0) is 0 Å². The number of hydrogen-bond acceptors (Lipinski definition) is 0. The Labute approximate surface area is 55.4 Å². The topological polar surface area (TPSA) is 3.01 Å². The maximum atomic E-state index is 2.67. The predicted molar refractivity (Wildman–Crippen MR) is 35.9 cm³/mol. The fourth-order valence-corrected chi connectivity index (χ4v) is 2.69. The van der Waals surface area contributed by atoms with Gasteiger partial charge in [-0.15, -0.1) is 0 Å². The average Bonchev–Trinajstić information content (AvgIpc) is 1.73. The molecule has 0 N–H and O–H groups in total. The molecule has 3 heterocycles. The minimum atomic E-state index is 1.01. The fourth-order valence-electron chi connectivity index (χ4n) is 2.69. The fraction of sp³-hybridized carbons (Fsp3) is 0.875. The molecule has 3 rings (SSSR count). The van der Waals surface area contributed by atoms with Gasteiger partial charge >= 0.3 is 0 Å². The molecule has 3 aliphatic heterocycles. The first-order valence-corrected chi connectivity index (χ1v) is 4.08. The second-order valence-electron chi connectivity index (χ2n) is 3.61. The summed E-state index contributed by atoms with van der Waals surface area (Å²) in [6, 6.07) is 2.03. The molecule has 2 atom stereocenters. The van der Waals surface area contributed by atoms with Crippen LogP contribution in [0.3, 0.4) is 0 Å². The Bertz CT molecular complexity index is 191. The summed E-state index contributed by atoms with van der Waals surface area (Å²) < 4.78 is 2.67. The standard InChI is InChI=1S/C8H12N/c1-2-6-4-8-5-7(3-1)9(6)8/h6,8H,1-5H2/q+1. The Kier molecular flexibility index (Phi) is 0.611. The summed E-state index contributed by atoms with van der Waals surface area (Å²) >= 11 is 0. The van der Waals surface area contributed by atoms with Crippen molar-refractivity contribution in [2.75, 3.05) is 0 Å². The predicted octanol–water partition coefficient (Wildman–Crippen LogP) is 1.17. The van der Waals surface area contributed by atoms with Crippen LogP contribution in [0.4, 0.5) is 0 Å². The zero-order valence-electron chi connectivity index (χ0n) is 5.64. The molecule has 0 aromatic carbocycles. The van der Waals surface area contributed by atoms with E-state index in [9.17, 15) is 0 Å². The summed E-state index contributed by atoms with van der Waals surface area (Å²) in [6.07, 6.45) is 7.36. The average molecular weight is 122 g/mol. The highest BCUT2D eigenvalue weighted by molar-refractivity contribution is 5.84. The van der Waals surface area contributed by atoms with E-state index in [1.54, 1.807) is 5.71 Å². The summed E-state index contributed by atoms with van der Waals surface area (Å²) in [4.78, 5) is 0. The maximum absolute atomic E-state index is 2.67. The summed E-state index contributed by atoms with van der Waals surface area (Å²) in [5, 5.41) is 0.